The van der Waals surface area contributed by atoms with Gasteiger partial charge in [-0.25, -0.2) is 4.98 Å². The van der Waals surface area contributed by atoms with E-state index in [1.54, 1.807) is 30.6 Å². The molecule has 1 heterocycles. The van der Waals surface area contributed by atoms with E-state index in [4.69, 9.17) is 0 Å². The molecule has 0 spiro atoms. The topological polar surface area (TPSA) is 86.4 Å². The first kappa shape index (κ1) is 17.9. The van der Waals surface area contributed by atoms with Crippen LogP contribution in [0.15, 0.2) is 29.6 Å². The molecule has 1 aromatic heterocycles. The SMILES string of the molecule is CNc1cccc(C(=O)Nc2nc(C(=O)NCCN(C)C)cs2)c1. The number of carbonyl (C=O) groups is 2. The Morgan fingerprint density at radius 3 is 2.75 bits per heavy atom. The molecule has 0 saturated carbocycles. The minimum Gasteiger partial charge on any atom is -0.388 e. The van der Waals surface area contributed by atoms with E-state index in [9.17, 15) is 9.59 Å². The van der Waals surface area contributed by atoms with E-state index in [2.05, 4.69) is 20.9 Å². The molecular weight excluding hydrogens is 326 g/mol. The van der Waals surface area contributed by atoms with Crippen LogP contribution in [0.5, 0.6) is 0 Å². The molecule has 0 aliphatic carbocycles. The number of nitrogens with zero attached hydrogens (tertiary/aromatic N) is 2. The normalized spacial score (nSPS) is 10.5. The van der Waals surface area contributed by atoms with Gasteiger partial charge in [-0.2, -0.15) is 0 Å². The number of rotatable bonds is 7. The van der Waals surface area contributed by atoms with Gasteiger partial charge in [-0.3, -0.25) is 14.9 Å². The van der Waals surface area contributed by atoms with Gasteiger partial charge >= 0.3 is 0 Å². The van der Waals surface area contributed by atoms with Crippen molar-refractivity contribution in [2.24, 2.45) is 0 Å². The molecule has 0 atom stereocenters. The summed E-state index contributed by atoms with van der Waals surface area (Å²) in [5.41, 5.74) is 1.68. The Kier molecular flexibility index (Phi) is 6.28. The molecule has 0 radical (unpaired) electrons. The van der Waals surface area contributed by atoms with Crippen LogP contribution < -0.4 is 16.0 Å². The third-order valence-electron chi connectivity index (χ3n) is 3.22. The summed E-state index contributed by atoms with van der Waals surface area (Å²) >= 11 is 1.22. The van der Waals surface area contributed by atoms with E-state index in [1.165, 1.54) is 11.3 Å². The van der Waals surface area contributed by atoms with Crippen LogP contribution in [0, 0.1) is 0 Å². The van der Waals surface area contributed by atoms with Gasteiger partial charge in [0.2, 0.25) is 0 Å². The summed E-state index contributed by atoms with van der Waals surface area (Å²) in [4.78, 5) is 30.3. The molecule has 8 heteroatoms. The molecule has 24 heavy (non-hydrogen) atoms. The molecule has 0 unspecified atom stereocenters. The molecule has 7 nitrogen and oxygen atoms in total. The Balaban J connectivity index is 1.95. The minimum absolute atomic E-state index is 0.245. The summed E-state index contributed by atoms with van der Waals surface area (Å²) in [6.07, 6.45) is 0. The van der Waals surface area contributed by atoms with Crippen LogP contribution in [0.4, 0.5) is 10.8 Å². The lowest BCUT2D eigenvalue weighted by molar-refractivity contribution is 0.0945. The van der Waals surface area contributed by atoms with Gasteiger partial charge in [0.05, 0.1) is 0 Å². The third-order valence-corrected chi connectivity index (χ3v) is 3.97. The summed E-state index contributed by atoms with van der Waals surface area (Å²) in [7, 11) is 5.66. The van der Waals surface area contributed by atoms with Crippen LogP contribution in [0.1, 0.15) is 20.8 Å². The van der Waals surface area contributed by atoms with Gasteiger partial charge in [-0.1, -0.05) is 6.07 Å². The molecule has 128 valence electrons. The van der Waals surface area contributed by atoms with Crippen molar-refractivity contribution in [3.8, 4) is 0 Å². The van der Waals surface area contributed by atoms with E-state index >= 15 is 0 Å². The average Bonchev–Trinajstić information content (AvgIpc) is 3.03. The minimum atomic E-state index is -0.263. The van der Waals surface area contributed by atoms with Gasteiger partial charge in [0.1, 0.15) is 5.69 Å². The number of aromatic nitrogens is 1. The lowest BCUT2D eigenvalue weighted by Crippen LogP contribution is -2.31. The van der Waals surface area contributed by atoms with Crippen molar-refractivity contribution in [3.63, 3.8) is 0 Å². The molecule has 0 fully saturated rings. The predicted octanol–water partition coefficient (Wildman–Crippen LogP) is 1.73. The molecule has 0 saturated heterocycles. The first-order chi connectivity index (χ1) is 11.5. The zero-order valence-electron chi connectivity index (χ0n) is 13.9. The number of likely N-dealkylation sites (N-methyl/N-ethyl adjacent to an activating group) is 1. The van der Waals surface area contributed by atoms with E-state index in [1.807, 2.05) is 25.1 Å². The number of hydrogen-bond donors (Lipinski definition) is 3. The highest BCUT2D eigenvalue weighted by molar-refractivity contribution is 7.14. The summed E-state index contributed by atoms with van der Waals surface area (Å²) in [5, 5.41) is 10.5. The maximum Gasteiger partial charge on any atom is 0.270 e. The fourth-order valence-corrected chi connectivity index (χ4v) is 2.59. The molecule has 0 aliphatic rings. The largest absolute Gasteiger partial charge is 0.388 e. The highest BCUT2D eigenvalue weighted by Crippen LogP contribution is 2.17. The second-order valence-corrected chi connectivity index (χ2v) is 6.24. The number of benzene rings is 1. The molecular formula is C16H21N5O2S. The molecule has 2 amide bonds. The molecule has 2 aromatic rings. The Morgan fingerprint density at radius 2 is 2.04 bits per heavy atom. The fraction of sp³-hybridized carbons (Fsp3) is 0.312. The first-order valence-corrected chi connectivity index (χ1v) is 8.35. The van der Waals surface area contributed by atoms with Crippen LogP contribution in [-0.2, 0) is 0 Å². The fourth-order valence-electron chi connectivity index (χ4n) is 1.90. The highest BCUT2D eigenvalue weighted by atomic mass is 32.1. The Morgan fingerprint density at radius 1 is 1.25 bits per heavy atom. The van der Waals surface area contributed by atoms with Crippen LogP contribution in [0.2, 0.25) is 0 Å². The Labute approximate surface area is 145 Å². The number of nitrogens with one attached hydrogen (secondary N) is 3. The molecule has 2 rings (SSSR count). The second-order valence-electron chi connectivity index (χ2n) is 5.38. The number of carbonyl (C=O) groups excluding carboxylic acids is 2. The Hall–Kier alpha value is -2.45. The van der Waals surface area contributed by atoms with Gasteiger partial charge < -0.3 is 15.5 Å². The van der Waals surface area contributed by atoms with E-state index in [0.29, 0.717) is 22.9 Å². The monoisotopic (exact) mass is 347 g/mol. The van der Waals surface area contributed by atoms with Crippen molar-refractivity contribution < 1.29 is 9.59 Å². The van der Waals surface area contributed by atoms with Crippen molar-refractivity contribution in [2.75, 3.05) is 44.9 Å². The van der Waals surface area contributed by atoms with E-state index in [-0.39, 0.29) is 11.8 Å². The molecule has 3 N–H and O–H groups in total. The summed E-state index contributed by atoms with van der Waals surface area (Å²) in [6.45, 7) is 1.29. The summed E-state index contributed by atoms with van der Waals surface area (Å²) < 4.78 is 0. The standard InChI is InChI=1S/C16H21N5O2S/c1-17-12-6-4-5-11(9-12)14(22)20-16-19-13(10-24-16)15(23)18-7-8-21(2)3/h4-6,9-10,17H,7-8H2,1-3H3,(H,18,23)(H,19,20,22). The van der Waals surface area contributed by atoms with E-state index < -0.39 is 0 Å². The molecule has 0 bridgehead atoms. The van der Waals surface area contributed by atoms with Crippen molar-refractivity contribution >= 4 is 34.0 Å². The van der Waals surface area contributed by atoms with Crippen molar-refractivity contribution in [1.82, 2.24) is 15.2 Å². The van der Waals surface area contributed by atoms with Gasteiger partial charge in [0.25, 0.3) is 11.8 Å². The molecule has 1 aromatic carbocycles. The first-order valence-electron chi connectivity index (χ1n) is 7.47. The lowest BCUT2D eigenvalue weighted by atomic mass is 10.2. The van der Waals surface area contributed by atoms with Crippen LogP contribution in [0.25, 0.3) is 0 Å². The predicted molar refractivity (Wildman–Crippen MR) is 96.9 cm³/mol. The van der Waals surface area contributed by atoms with Crippen LogP contribution in [-0.4, -0.2) is 55.9 Å². The maximum absolute atomic E-state index is 12.2. The van der Waals surface area contributed by atoms with Gasteiger partial charge in [-0.05, 0) is 32.3 Å². The quantitative estimate of drug-likeness (QED) is 0.710. The van der Waals surface area contributed by atoms with Crippen LogP contribution >= 0.6 is 11.3 Å². The lowest BCUT2D eigenvalue weighted by Gasteiger charge is -2.09. The zero-order valence-corrected chi connectivity index (χ0v) is 14.7. The number of thiazole rings is 1. The Bertz CT molecular complexity index is 714. The van der Waals surface area contributed by atoms with E-state index in [0.717, 1.165) is 12.2 Å². The third kappa shape index (κ3) is 5.04. The van der Waals surface area contributed by atoms with Crippen molar-refractivity contribution in [2.45, 2.75) is 0 Å². The van der Waals surface area contributed by atoms with Crippen LogP contribution in [0.3, 0.4) is 0 Å². The van der Waals surface area contributed by atoms with Gasteiger partial charge in [-0.15, -0.1) is 11.3 Å². The zero-order chi connectivity index (χ0) is 17.5. The number of anilines is 2. The van der Waals surface area contributed by atoms with Crippen molar-refractivity contribution in [3.05, 3.63) is 40.9 Å². The van der Waals surface area contributed by atoms with Gasteiger partial charge in [0.15, 0.2) is 5.13 Å². The maximum atomic E-state index is 12.2. The second kappa shape index (κ2) is 8.42. The van der Waals surface area contributed by atoms with Gasteiger partial charge in [0, 0.05) is 36.8 Å². The summed E-state index contributed by atoms with van der Waals surface area (Å²) in [5.74, 6) is -0.508. The number of hydrogen-bond acceptors (Lipinski definition) is 6. The molecule has 0 aliphatic heterocycles. The summed E-state index contributed by atoms with van der Waals surface area (Å²) in [6, 6.07) is 7.14. The van der Waals surface area contributed by atoms with Crippen molar-refractivity contribution in [1.29, 1.82) is 0 Å². The smallest absolute Gasteiger partial charge is 0.270 e. The highest BCUT2D eigenvalue weighted by Gasteiger charge is 2.13. The number of amides is 2. The average molecular weight is 347 g/mol.